The third kappa shape index (κ3) is 4.10. The van der Waals surface area contributed by atoms with Crippen LogP contribution in [0.2, 0.25) is 5.02 Å². The molecule has 2 N–H and O–H groups in total. The van der Waals surface area contributed by atoms with Gasteiger partial charge in [-0.15, -0.1) is 0 Å². The van der Waals surface area contributed by atoms with Gasteiger partial charge in [0.25, 0.3) is 0 Å². The van der Waals surface area contributed by atoms with Gasteiger partial charge in [0, 0.05) is 17.8 Å². The summed E-state index contributed by atoms with van der Waals surface area (Å²) in [7, 11) is 3.19. The van der Waals surface area contributed by atoms with Gasteiger partial charge in [0.2, 0.25) is 0 Å². The number of nitrogens with one attached hydrogen (secondary N) is 2. The maximum Gasteiger partial charge on any atom is 0.162 e. The minimum absolute atomic E-state index is 0.621. The quantitative estimate of drug-likeness (QED) is 0.671. The van der Waals surface area contributed by atoms with Crippen molar-refractivity contribution in [1.82, 2.24) is 9.97 Å². The number of methoxy groups -OCH3 is 2. The van der Waals surface area contributed by atoms with Crippen LogP contribution in [-0.2, 0) is 0 Å². The van der Waals surface area contributed by atoms with Gasteiger partial charge in [-0.1, -0.05) is 23.7 Å². The van der Waals surface area contributed by atoms with Gasteiger partial charge in [0.1, 0.15) is 18.0 Å². The van der Waals surface area contributed by atoms with Crippen molar-refractivity contribution in [3.05, 3.63) is 59.9 Å². The highest BCUT2D eigenvalue weighted by Crippen LogP contribution is 2.31. The first-order chi connectivity index (χ1) is 12.2. The second-order valence-electron chi connectivity index (χ2n) is 5.09. The molecular weight excluding hydrogens is 340 g/mol. The first-order valence-electron chi connectivity index (χ1n) is 7.52. The molecule has 1 aromatic heterocycles. The molecule has 0 radical (unpaired) electrons. The molecule has 0 amide bonds. The summed E-state index contributed by atoms with van der Waals surface area (Å²) in [5.74, 6) is 2.57. The van der Waals surface area contributed by atoms with Crippen molar-refractivity contribution in [2.75, 3.05) is 24.9 Å². The van der Waals surface area contributed by atoms with Gasteiger partial charge in [-0.05, 0) is 24.3 Å². The molecule has 25 heavy (non-hydrogen) atoms. The second-order valence-corrected chi connectivity index (χ2v) is 5.50. The number of anilines is 4. The fraction of sp³-hybridized carbons (Fsp3) is 0.111. The lowest BCUT2D eigenvalue weighted by molar-refractivity contribution is 0.355. The van der Waals surface area contributed by atoms with Crippen LogP contribution in [0.25, 0.3) is 0 Å². The molecule has 7 heteroatoms. The number of para-hydroxylation sites is 1. The topological polar surface area (TPSA) is 68.3 Å². The zero-order valence-electron chi connectivity index (χ0n) is 13.8. The van der Waals surface area contributed by atoms with E-state index in [-0.39, 0.29) is 0 Å². The van der Waals surface area contributed by atoms with Gasteiger partial charge in [-0.3, -0.25) is 0 Å². The van der Waals surface area contributed by atoms with E-state index in [0.29, 0.717) is 28.2 Å². The van der Waals surface area contributed by atoms with Crippen molar-refractivity contribution < 1.29 is 9.47 Å². The van der Waals surface area contributed by atoms with Gasteiger partial charge < -0.3 is 20.1 Å². The van der Waals surface area contributed by atoms with E-state index < -0.39 is 0 Å². The van der Waals surface area contributed by atoms with Crippen molar-refractivity contribution in [1.29, 1.82) is 0 Å². The average Bonchev–Trinajstić information content (AvgIpc) is 2.64. The molecule has 0 bridgehead atoms. The largest absolute Gasteiger partial charge is 0.493 e. The van der Waals surface area contributed by atoms with Gasteiger partial charge in [-0.25, -0.2) is 9.97 Å². The predicted molar refractivity (Wildman–Crippen MR) is 99.6 cm³/mol. The van der Waals surface area contributed by atoms with Crippen LogP contribution in [0.4, 0.5) is 23.0 Å². The molecule has 0 aliphatic heterocycles. The van der Waals surface area contributed by atoms with E-state index in [2.05, 4.69) is 20.6 Å². The Kier molecular flexibility index (Phi) is 5.20. The Morgan fingerprint density at radius 2 is 1.56 bits per heavy atom. The van der Waals surface area contributed by atoms with Gasteiger partial charge in [0.15, 0.2) is 11.5 Å². The normalized spacial score (nSPS) is 10.2. The fourth-order valence-corrected chi connectivity index (χ4v) is 2.44. The highest BCUT2D eigenvalue weighted by molar-refractivity contribution is 6.33. The third-order valence-electron chi connectivity index (χ3n) is 3.46. The van der Waals surface area contributed by atoms with E-state index in [1.807, 2.05) is 42.5 Å². The van der Waals surface area contributed by atoms with E-state index in [1.165, 1.54) is 6.33 Å². The molecule has 3 aromatic rings. The fourth-order valence-electron chi connectivity index (χ4n) is 2.26. The number of ether oxygens (including phenoxy) is 2. The maximum absolute atomic E-state index is 6.16. The first-order valence-corrected chi connectivity index (χ1v) is 7.90. The molecule has 3 rings (SSSR count). The Morgan fingerprint density at radius 1 is 0.840 bits per heavy atom. The minimum Gasteiger partial charge on any atom is -0.493 e. The number of benzene rings is 2. The van der Waals surface area contributed by atoms with Crippen LogP contribution in [-0.4, -0.2) is 24.2 Å². The Morgan fingerprint density at radius 3 is 2.28 bits per heavy atom. The number of hydrogen-bond donors (Lipinski definition) is 2. The third-order valence-corrected chi connectivity index (χ3v) is 3.79. The maximum atomic E-state index is 6.16. The smallest absolute Gasteiger partial charge is 0.162 e. The van der Waals surface area contributed by atoms with Gasteiger partial charge in [0.05, 0.1) is 24.9 Å². The zero-order valence-corrected chi connectivity index (χ0v) is 14.5. The standard InChI is InChI=1S/C18H17ClN4O2/c1-24-15-8-7-12(9-16(15)25-2)22-17-10-18(21-11-20-17)23-14-6-4-3-5-13(14)19/h3-11H,1-2H3,(H2,20,21,22,23). The summed E-state index contributed by atoms with van der Waals surface area (Å²) in [6, 6.07) is 14.8. The number of hydrogen-bond acceptors (Lipinski definition) is 6. The van der Waals surface area contributed by atoms with Crippen LogP contribution in [0.1, 0.15) is 0 Å². The number of aromatic nitrogens is 2. The molecule has 0 aliphatic carbocycles. The Hall–Kier alpha value is -2.99. The summed E-state index contributed by atoms with van der Waals surface area (Å²) in [6.45, 7) is 0. The van der Waals surface area contributed by atoms with E-state index in [1.54, 1.807) is 20.3 Å². The van der Waals surface area contributed by atoms with Crippen molar-refractivity contribution in [3.63, 3.8) is 0 Å². The van der Waals surface area contributed by atoms with Crippen molar-refractivity contribution in [2.45, 2.75) is 0 Å². The minimum atomic E-state index is 0.621. The van der Waals surface area contributed by atoms with Crippen molar-refractivity contribution in [2.24, 2.45) is 0 Å². The van der Waals surface area contributed by atoms with Gasteiger partial charge in [-0.2, -0.15) is 0 Å². The summed E-state index contributed by atoms with van der Waals surface area (Å²) in [5.41, 5.74) is 1.60. The van der Waals surface area contributed by atoms with Crippen LogP contribution in [0.3, 0.4) is 0 Å². The highest BCUT2D eigenvalue weighted by Gasteiger charge is 2.06. The lowest BCUT2D eigenvalue weighted by Crippen LogP contribution is -1.99. The number of nitrogens with zero attached hydrogens (tertiary/aromatic N) is 2. The molecule has 2 aromatic carbocycles. The van der Waals surface area contributed by atoms with Crippen LogP contribution < -0.4 is 20.1 Å². The summed E-state index contributed by atoms with van der Waals surface area (Å²) in [4.78, 5) is 8.44. The number of rotatable bonds is 6. The molecule has 0 saturated heterocycles. The summed E-state index contributed by atoms with van der Waals surface area (Å²) >= 11 is 6.16. The molecule has 0 aliphatic rings. The molecule has 0 saturated carbocycles. The zero-order chi connectivity index (χ0) is 17.6. The van der Waals surface area contributed by atoms with Crippen molar-refractivity contribution >= 4 is 34.6 Å². The molecule has 1 heterocycles. The Bertz CT molecular complexity index is 873. The summed E-state index contributed by atoms with van der Waals surface area (Å²) in [6.07, 6.45) is 1.47. The number of halogens is 1. The van der Waals surface area contributed by atoms with Crippen LogP contribution in [0, 0.1) is 0 Å². The predicted octanol–water partition coefficient (Wildman–Crippen LogP) is 4.63. The van der Waals surface area contributed by atoms with Crippen LogP contribution in [0.5, 0.6) is 11.5 Å². The Balaban J connectivity index is 1.79. The molecule has 0 spiro atoms. The lowest BCUT2D eigenvalue weighted by atomic mass is 10.2. The average molecular weight is 357 g/mol. The molecule has 6 nitrogen and oxygen atoms in total. The van der Waals surface area contributed by atoms with Crippen LogP contribution >= 0.6 is 11.6 Å². The van der Waals surface area contributed by atoms with Crippen molar-refractivity contribution in [3.8, 4) is 11.5 Å². The molecule has 0 atom stereocenters. The summed E-state index contributed by atoms with van der Waals surface area (Å²) in [5, 5.41) is 7.00. The van der Waals surface area contributed by atoms with Gasteiger partial charge >= 0.3 is 0 Å². The summed E-state index contributed by atoms with van der Waals surface area (Å²) < 4.78 is 10.5. The second kappa shape index (κ2) is 7.72. The van der Waals surface area contributed by atoms with E-state index in [0.717, 1.165) is 11.4 Å². The molecular formula is C18H17ClN4O2. The van der Waals surface area contributed by atoms with E-state index in [4.69, 9.17) is 21.1 Å². The highest BCUT2D eigenvalue weighted by atomic mass is 35.5. The lowest BCUT2D eigenvalue weighted by Gasteiger charge is -2.12. The SMILES string of the molecule is COc1ccc(Nc2cc(Nc3ccccc3Cl)ncn2)cc1OC. The molecule has 0 fully saturated rings. The Labute approximate surface area is 150 Å². The van der Waals surface area contributed by atoms with E-state index >= 15 is 0 Å². The van der Waals surface area contributed by atoms with E-state index in [9.17, 15) is 0 Å². The molecule has 0 unspecified atom stereocenters. The van der Waals surface area contributed by atoms with Crippen LogP contribution in [0.15, 0.2) is 54.9 Å². The monoisotopic (exact) mass is 356 g/mol. The first kappa shape index (κ1) is 16.9. The molecule has 128 valence electrons.